The van der Waals surface area contributed by atoms with Gasteiger partial charge in [-0.15, -0.1) is 0 Å². The third kappa shape index (κ3) is 3.19. The molecule has 2 N–H and O–H groups in total. The highest BCUT2D eigenvalue weighted by molar-refractivity contribution is 6.42. The highest BCUT2D eigenvalue weighted by atomic mass is 35.5. The topological polar surface area (TPSA) is 52.6 Å². The van der Waals surface area contributed by atoms with Crippen LogP contribution in [0.25, 0.3) is 0 Å². The first-order chi connectivity index (χ1) is 9.40. The molecular formula is C14H18Cl2N2O2. The van der Waals surface area contributed by atoms with E-state index in [9.17, 15) is 9.90 Å². The van der Waals surface area contributed by atoms with Crippen LogP contribution in [0.3, 0.4) is 0 Å². The molecule has 1 heterocycles. The van der Waals surface area contributed by atoms with Crippen LogP contribution in [0.15, 0.2) is 12.1 Å². The number of nitrogens with zero attached hydrogens (tertiary/aromatic N) is 1. The van der Waals surface area contributed by atoms with Crippen LogP contribution in [0.1, 0.15) is 24.4 Å². The van der Waals surface area contributed by atoms with Crippen LogP contribution < -0.4 is 5.32 Å². The van der Waals surface area contributed by atoms with Crippen molar-refractivity contribution >= 4 is 29.1 Å². The number of phenolic OH excluding ortho intramolecular Hbond substituents is 1. The van der Waals surface area contributed by atoms with Crippen LogP contribution in [-0.4, -0.2) is 36.6 Å². The molecule has 6 heteroatoms. The van der Waals surface area contributed by atoms with E-state index < -0.39 is 0 Å². The van der Waals surface area contributed by atoms with Gasteiger partial charge in [-0.05, 0) is 31.0 Å². The van der Waals surface area contributed by atoms with Crippen LogP contribution in [-0.2, 0) is 4.79 Å². The van der Waals surface area contributed by atoms with Crippen molar-refractivity contribution in [1.29, 1.82) is 0 Å². The molecule has 110 valence electrons. The fraction of sp³-hybridized carbons (Fsp3) is 0.500. The maximum atomic E-state index is 11.7. The Morgan fingerprint density at radius 1 is 1.45 bits per heavy atom. The van der Waals surface area contributed by atoms with Crippen LogP contribution in [0, 0.1) is 5.92 Å². The Bertz CT molecular complexity index is 520. The van der Waals surface area contributed by atoms with Gasteiger partial charge in [-0.3, -0.25) is 4.79 Å². The first kappa shape index (κ1) is 15.4. The maximum Gasteiger partial charge on any atom is 0.222 e. The molecule has 0 aromatic heterocycles. The number of carbonyl (C=O) groups excluding carboxylic acids is 1. The maximum absolute atomic E-state index is 11.7. The van der Waals surface area contributed by atoms with Gasteiger partial charge in [0.05, 0.1) is 10.0 Å². The van der Waals surface area contributed by atoms with E-state index in [0.29, 0.717) is 22.0 Å². The number of hydrogen-bond acceptors (Lipinski definition) is 3. The van der Waals surface area contributed by atoms with Gasteiger partial charge in [0.25, 0.3) is 0 Å². The summed E-state index contributed by atoms with van der Waals surface area (Å²) in [5.41, 5.74) is 0.624. The predicted molar refractivity (Wildman–Crippen MR) is 80.3 cm³/mol. The zero-order valence-corrected chi connectivity index (χ0v) is 13.0. The molecule has 1 amide bonds. The summed E-state index contributed by atoms with van der Waals surface area (Å²) in [6, 6.07) is 3.05. The van der Waals surface area contributed by atoms with E-state index in [1.807, 2.05) is 0 Å². The van der Waals surface area contributed by atoms with E-state index >= 15 is 0 Å². The Kier molecular flexibility index (Phi) is 4.78. The highest BCUT2D eigenvalue weighted by Gasteiger charge is 2.30. The van der Waals surface area contributed by atoms with Gasteiger partial charge in [0, 0.05) is 32.1 Å². The molecule has 1 aromatic carbocycles. The van der Waals surface area contributed by atoms with Crippen LogP contribution >= 0.6 is 23.2 Å². The Hall–Kier alpha value is -0.970. The monoisotopic (exact) mass is 316 g/mol. The van der Waals surface area contributed by atoms with E-state index in [1.165, 1.54) is 0 Å². The van der Waals surface area contributed by atoms with E-state index in [-0.39, 0.29) is 23.6 Å². The Morgan fingerprint density at radius 2 is 2.15 bits per heavy atom. The van der Waals surface area contributed by atoms with Crippen molar-refractivity contribution in [3.05, 3.63) is 27.7 Å². The SMILES string of the molecule is CN(C)C(=O)CC1CN[C@@H](c2c(O)ccc(Cl)c2Cl)C1. The van der Waals surface area contributed by atoms with E-state index in [0.717, 1.165) is 13.0 Å². The average molecular weight is 317 g/mol. The zero-order chi connectivity index (χ0) is 14.9. The standard InChI is InChI=1S/C14H18Cl2N2O2/c1-18(2)12(20)6-8-5-10(17-7-8)13-11(19)4-3-9(15)14(13)16/h3-4,8,10,17,19H,5-7H2,1-2H3/t8?,10-/m1/s1. The molecule has 0 radical (unpaired) electrons. The third-order valence-corrected chi connectivity index (χ3v) is 4.46. The van der Waals surface area contributed by atoms with Crippen LogP contribution in [0.2, 0.25) is 10.0 Å². The minimum Gasteiger partial charge on any atom is -0.508 e. The van der Waals surface area contributed by atoms with E-state index in [1.54, 1.807) is 31.1 Å². The fourth-order valence-corrected chi connectivity index (χ4v) is 2.96. The number of benzene rings is 1. The molecule has 2 atom stereocenters. The molecule has 1 saturated heterocycles. The van der Waals surface area contributed by atoms with Gasteiger partial charge >= 0.3 is 0 Å². The molecule has 0 bridgehead atoms. The molecular weight excluding hydrogens is 299 g/mol. The molecule has 0 saturated carbocycles. The van der Waals surface area contributed by atoms with Gasteiger partial charge in [-0.1, -0.05) is 23.2 Å². The van der Waals surface area contributed by atoms with Crippen molar-refractivity contribution in [3.8, 4) is 5.75 Å². The zero-order valence-electron chi connectivity index (χ0n) is 11.5. The molecule has 1 unspecified atom stereocenters. The molecule has 1 fully saturated rings. The lowest BCUT2D eigenvalue weighted by Gasteiger charge is -2.16. The molecule has 1 aliphatic rings. The van der Waals surface area contributed by atoms with Gasteiger partial charge < -0.3 is 15.3 Å². The number of carbonyl (C=O) groups is 1. The van der Waals surface area contributed by atoms with Gasteiger partial charge in [0.2, 0.25) is 5.91 Å². The number of nitrogens with one attached hydrogen (secondary N) is 1. The van der Waals surface area contributed by atoms with Gasteiger partial charge in [0.15, 0.2) is 0 Å². The summed E-state index contributed by atoms with van der Waals surface area (Å²) < 4.78 is 0. The van der Waals surface area contributed by atoms with Crippen molar-refractivity contribution in [2.45, 2.75) is 18.9 Å². The molecule has 0 spiro atoms. The first-order valence-electron chi connectivity index (χ1n) is 6.50. The van der Waals surface area contributed by atoms with Gasteiger partial charge in [0.1, 0.15) is 5.75 Å². The molecule has 0 aliphatic carbocycles. The second-order valence-corrected chi connectivity index (χ2v) is 6.13. The summed E-state index contributed by atoms with van der Waals surface area (Å²) in [6.45, 7) is 0.729. The number of halogens is 2. The average Bonchev–Trinajstić information content (AvgIpc) is 2.82. The van der Waals surface area contributed by atoms with Crippen molar-refractivity contribution < 1.29 is 9.90 Å². The van der Waals surface area contributed by atoms with Crippen molar-refractivity contribution in [3.63, 3.8) is 0 Å². The second-order valence-electron chi connectivity index (χ2n) is 5.35. The van der Waals surface area contributed by atoms with Gasteiger partial charge in [-0.25, -0.2) is 0 Å². The summed E-state index contributed by atoms with van der Waals surface area (Å²) in [7, 11) is 3.50. The molecule has 2 rings (SSSR count). The predicted octanol–water partition coefficient (Wildman–Crippen LogP) is 2.83. The summed E-state index contributed by atoms with van der Waals surface area (Å²) in [5, 5.41) is 14.1. The van der Waals surface area contributed by atoms with E-state index in [2.05, 4.69) is 5.32 Å². The smallest absolute Gasteiger partial charge is 0.222 e. The number of aromatic hydroxyl groups is 1. The molecule has 4 nitrogen and oxygen atoms in total. The number of amides is 1. The molecule has 1 aromatic rings. The normalized spacial score (nSPS) is 22.0. The van der Waals surface area contributed by atoms with Crippen molar-refractivity contribution in [2.75, 3.05) is 20.6 Å². The van der Waals surface area contributed by atoms with Gasteiger partial charge in [-0.2, -0.15) is 0 Å². The lowest BCUT2D eigenvalue weighted by atomic mass is 9.96. The quantitative estimate of drug-likeness (QED) is 0.901. The lowest BCUT2D eigenvalue weighted by Crippen LogP contribution is -2.24. The summed E-state index contributed by atoms with van der Waals surface area (Å²) in [5.74, 6) is 0.486. The second kappa shape index (κ2) is 6.20. The Balaban J connectivity index is 2.10. The minimum absolute atomic E-state index is 0.0684. The highest BCUT2D eigenvalue weighted by Crippen LogP contribution is 2.41. The van der Waals surface area contributed by atoms with Crippen molar-refractivity contribution in [1.82, 2.24) is 10.2 Å². The lowest BCUT2D eigenvalue weighted by molar-refractivity contribution is -0.129. The van der Waals surface area contributed by atoms with Crippen LogP contribution in [0.4, 0.5) is 0 Å². The first-order valence-corrected chi connectivity index (χ1v) is 7.26. The van der Waals surface area contributed by atoms with E-state index in [4.69, 9.17) is 23.2 Å². The summed E-state index contributed by atoms with van der Waals surface area (Å²) in [4.78, 5) is 13.3. The third-order valence-electron chi connectivity index (χ3n) is 3.64. The van der Waals surface area contributed by atoms with Crippen molar-refractivity contribution in [2.24, 2.45) is 5.92 Å². The number of rotatable bonds is 3. The number of hydrogen-bond donors (Lipinski definition) is 2. The molecule has 1 aliphatic heterocycles. The fourth-order valence-electron chi connectivity index (χ4n) is 2.50. The molecule has 20 heavy (non-hydrogen) atoms. The Morgan fingerprint density at radius 3 is 2.80 bits per heavy atom. The summed E-state index contributed by atoms with van der Waals surface area (Å²) >= 11 is 12.2. The Labute approximate surface area is 128 Å². The minimum atomic E-state index is -0.0684. The summed E-state index contributed by atoms with van der Waals surface area (Å²) in [6.07, 6.45) is 1.25. The number of phenols is 1. The largest absolute Gasteiger partial charge is 0.508 e. The van der Waals surface area contributed by atoms with Crippen LogP contribution in [0.5, 0.6) is 5.75 Å².